The Morgan fingerprint density at radius 2 is 2.05 bits per heavy atom. The Kier molecular flexibility index (Phi) is 1.91. The molecule has 0 radical (unpaired) electrons. The summed E-state index contributed by atoms with van der Waals surface area (Å²) in [6, 6.07) is 11.5. The molecule has 4 rings (SSSR count). The lowest BCUT2D eigenvalue weighted by Gasteiger charge is -2.04. The van der Waals surface area contributed by atoms with Crippen molar-refractivity contribution in [1.82, 2.24) is 18.9 Å². The van der Waals surface area contributed by atoms with Gasteiger partial charge in [-0.05, 0) is 24.3 Å². The van der Waals surface area contributed by atoms with E-state index >= 15 is 0 Å². The first kappa shape index (κ1) is 10.1. The molecule has 0 unspecified atom stereocenters. The highest BCUT2D eigenvalue weighted by molar-refractivity contribution is 5.77. The molecule has 19 heavy (non-hydrogen) atoms. The van der Waals surface area contributed by atoms with Crippen LogP contribution in [0.1, 0.15) is 0 Å². The van der Waals surface area contributed by atoms with Crippen molar-refractivity contribution in [2.45, 2.75) is 0 Å². The predicted octanol–water partition coefficient (Wildman–Crippen LogP) is 1.97. The van der Waals surface area contributed by atoms with Gasteiger partial charge < -0.3 is 9.38 Å². The number of rotatable bonds is 1. The fraction of sp³-hybridized carbons (Fsp3) is 0. The van der Waals surface area contributed by atoms with E-state index < -0.39 is 0 Å². The van der Waals surface area contributed by atoms with Crippen molar-refractivity contribution < 1.29 is 0 Å². The van der Waals surface area contributed by atoms with Crippen LogP contribution in [0.25, 0.3) is 22.2 Å². The van der Waals surface area contributed by atoms with Crippen molar-refractivity contribution in [2.75, 3.05) is 0 Å². The van der Waals surface area contributed by atoms with Gasteiger partial charge in [-0.3, -0.25) is 4.57 Å². The highest BCUT2D eigenvalue weighted by atomic mass is 16.1. The van der Waals surface area contributed by atoms with Crippen molar-refractivity contribution >= 4 is 16.6 Å². The molecular weight excluding hydrogens is 240 g/mol. The van der Waals surface area contributed by atoms with Gasteiger partial charge in [-0.25, -0.2) is 9.78 Å². The van der Waals surface area contributed by atoms with Crippen LogP contribution in [0.15, 0.2) is 59.9 Å². The van der Waals surface area contributed by atoms with Gasteiger partial charge in [-0.2, -0.15) is 0 Å². The van der Waals surface area contributed by atoms with Gasteiger partial charge in [0.05, 0.1) is 34.8 Å². The summed E-state index contributed by atoms with van der Waals surface area (Å²) in [7, 11) is 0. The number of fused-ring (bicyclic) bond motifs is 2. The van der Waals surface area contributed by atoms with E-state index in [0.29, 0.717) is 0 Å². The highest BCUT2D eigenvalue weighted by Gasteiger charge is 2.08. The van der Waals surface area contributed by atoms with Gasteiger partial charge in [0.2, 0.25) is 0 Å². The number of benzene rings is 1. The van der Waals surface area contributed by atoms with E-state index in [2.05, 4.69) is 9.97 Å². The maximum absolute atomic E-state index is 12.1. The predicted molar refractivity (Wildman–Crippen MR) is 72.6 cm³/mol. The molecule has 0 fully saturated rings. The normalized spacial score (nSPS) is 11.4. The first-order chi connectivity index (χ1) is 9.33. The van der Waals surface area contributed by atoms with Gasteiger partial charge in [-0.1, -0.05) is 12.1 Å². The Bertz CT molecular complexity index is 945. The average molecular weight is 250 g/mol. The number of H-pyrrole nitrogens is 1. The van der Waals surface area contributed by atoms with Gasteiger partial charge in [0.25, 0.3) is 0 Å². The van der Waals surface area contributed by atoms with E-state index in [1.165, 1.54) is 0 Å². The van der Waals surface area contributed by atoms with Gasteiger partial charge in [-0.15, -0.1) is 0 Å². The van der Waals surface area contributed by atoms with E-state index in [0.717, 1.165) is 22.2 Å². The minimum atomic E-state index is -0.134. The fourth-order valence-corrected chi connectivity index (χ4v) is 2.36. The first-order valence-corrected chi connectivity index (χ1v) is 5.95. The summed E-state index contributed by atoms with van der Waals surface area (Å²) in [4.78, 5) is 19.0. The molecule has 1 N–H and O–H groups in total. The van der Waals surface area contributed by atoms with Crippen LogP contribution in [0.4, 0.5) is 0 Å². The average Bonchev–Trinajstić information content (AvgIpc) is 3.00. The summed E-state index contributed by atoms with van der Waals surface area (Å²) in [6.45, 7) is 0. The second-order valence-corrected chi connectivity index (χ2v) is 4.39. The fourth-order valence-electron chi connectivity index (χ4n) is 2.36. The van der Waals surface area contributed by atoms with Crippen LogP contribution in [0.5, 0.6) is 0 Å². The first-order valence-electron chi connectivity index (χ1n) is 5.95. The summed E-state index contributed by atoms with van der Waals surface area (Å²) >= 11 is 0. The summed E-state index contributed by atoms with van der Waals surface area (Å²) in [5, 5.41) is 0. The molecule has 0 saturated heterocycles. The van der Waals surface area contributed by atoms with Gasteiger partial charge in [0.15, 0.2) is 0 Å². The van der Waals surface area contributed by atoms with Crippen molar-refractivity contribution in [2.24, 2.45) is 0 Å². The number of aromatic amines is 1. The largest absolute Gasteiger partial charge is 0.331 e. The highest BCUT2D eigenvalue weighted by Crippen LogP contribution is 2.16. The van der Waals surface area contributed by atoms with Crippen molar-refractivity contribution in [1.29, 1.82) is 0 Å². The lowest BCUT2D eigenvalue weighted by molar-refractivity contribution is 1.01. The molecule has 0 spiro atoms. The number of hydrogen-bond donors (Lipinski definition) is 1. The zero-order valence-corrected chi connectivity index (χ0v) is 9.95. The Labute approximate surface area is 107 Å². The van der Waals surface area contributed by atoms with E-state index in [-0.39, 0.29) is 5.69 Å². The minimum absolute atomic E-state index is 0.134. The molecule has 92 valence electrons. The second kappa shape index (κ2) is 3.58. The minimum Gasteiger partial charge on any atom is -0.306 e. The summed E-state index contributed by atoms with van der Waals surface area (Å²) in [5.74, 6) is 0. The van der Waals surface area contributed by atoms with E-state index in [1.807, 2.05) is 47.0 Å². The van der Waals surface area contributed by atoms with E-state index in [4.69, 9.17) is 0 Å². The lowest BCUT2D eigenvalue weighted by Crippen LogP contribution is -2.14. The molecule has 0 atom stereocenters. The molecule has 0 bridgehead atoms. The van der Waals surface area contributed by atoms with Gasteiger partial charge >= 0.3 is 5.69 Å². The maximum atomic E-state index is 12.1. The number of nitrogens with zero attached hydrogens (tertiary/aromatic N) is 3. The molecular formula is C14H10N4O. The van der Waals surface area contributed by atoms with Gasteiger partial charge in [0.1, 0.15) is 0 Å². The Morgan fingerprint density at radius 1 is 1.16 bits per heavy atom. The van der Waals surface area contributed by atoms with Crippen LogP contribution in [-0.4, -0.2) is 18.9 Å². The molecule has 0 amide bonds. The second-order valence-electron chi connectivity index (χ2n) is 4.39. The summed E-state index contributed by atoms with van der Waals surface area (Å²) in [5.41, 5.74) is 3.35. The third-order valence-corrected chi connectivity index (χ3v) is 3.25. The Morgan fingerprint density at radius 3 is 3.00 bits per heavy atom. The monoisotopic (exact) mass is 250 g/mol. The summed E-state index contributed by atoms with van der Waals surface area (Å²) in [6.07, 6.45) is 5.40. The topological polar surface area (TPSA) is 55.1 Å². The molecule has 0 aliphatic heterocycles. The quantitative estimate of drug-likeness (QED) is 0.561. The molecule has 4 aromatic rings. The number of nitrogens with one attached hydrogen (secondary N) is 1. The molecule has 1 aromatic carbocycles. The Hall–Kier alpha value is -2.82. The van der Waals surface area contributed by atoms with E-state index in [9.17, 15) is 4.79 Å². The zero-order chi connectivity index (χ0) is 12.8. The van der Waals surface area contributed by atoms with Crippen LogP contribution < -0.4 is 5.69 Å². The zero-order valence-electron chi connectivity index (χ0n) is 9.95. The summed E-state index contributed by atoms with van der Waals surface area (Å²) < 4.78 is 3.58. The maximum Gasteiger partial charge on any atom is 0.331 e. The van der Waals surface area contributed by atoms with Gasteiger partial charge in [0, 0.05) is 6.20 Å². The van der Waals surface area contributed by atoms with Crippen LogP contribution in [-0.2, 0) is 0 Å². The number of para-hydroxylation sites is 2. The van der Waals surface area contributed by atoms with Crippen LogP contribution in [0.2, 0.25) is 0 Å². The molecule has 0 aliphatic rings. The molecule has 3 heterocycles. The lowest BCUT2D eigenvalue weighted by atomic mass is 10.3. The van der Waals surface area contributed by atoms with Crippen LogP contribution in [0, 0.1) is 0 Å². The van der Waals surface area contributed by atoms with Crippen molar-refractivity contribution in [3.8, 4) is 5.69 Å². The standard InChI is InChI=1S/C14H10N4O/c19-14-16-12-3-1-2-4-13(12)18(14)10-5-6-17-9-15-8-11(17)7-10/h1-9H,(H,16,19). The number of aromatic nitrogens is 4. The molecule has 3 aromatic heterocycles. The molecule has 0 aliphatic carbocycles. The Balaban J connectivity index is 2.08. The van der Waals surface area contributed by atoms with Crippen molar-refractivity contribution in [3.63, 3.8) is 0 Å². The smallest absolute Gasteiger partial charge is 0.306 e. The third-order valence-electron chi connectivity index (χ3n) is 3.25. The number of pyridine rings is 1. The molecule has 0 saturated carbocycles. The molecule has 5 nitrogen and oxygen atoms in total. The number of imidazole rings is 2. The van der Waals surface area contributed by atoms with Crippen LogP contribution >= 0.6 is 0 Å². The van der Waals surface area contributed by atoms with Crippen LogP contribution in [0.3, 0.4) is 0 Å². The van der Waals surface area contributed by atoms with E-state index in [1.54, 1.807) is 17.1 Å². The third kappa shape index (κ3) is 1.41. The molecule has 5 heteroatoms. The van der Waals surface area contributed by atoms with Crippen molar-refractivity contribution in [3.05, 3.63) is 65.6 Å². The SMILES string of the molecule is O=c1[nH]c2ccccc2n1-c1ccn2cncc2c1. The number of hydrogen-bond acceptors (Lipinski definition) is 2.